The highest BCUT2D eigenvalue weighted by Crippen LogP contribution is 2.24. The number of carbonyl (C=O) groups is 2. The first-order valence-corrected chi connectivity index (χ1v) is 14.5. The van der Waals surface area contributed by atoms with Crippen LogP contribution in [-0.2, 0) is 6.42 Å². The molecule has 0 radical (unpaired) electrons. The van der Waals surface area contributed by atoms with Gasteiger partial charge < -0.3 is 15.3 Å². The molecule has 0 aliphatic carbocycles. The predicted octanol–water partition coefficient (Wildman–Crippen LogP) is 6.67. The van der Waals surface area contributed by atoms with Crippen LogP contribution in [0.1, 0.15) is 70.3 Å². The van der Waals surface area contributed by atoms with E-state index in [0.717, 1.165) is 35.6 Å². The first-order valence-electron chi connectivity index (χ1n) is 14.5. The molecule has 0 spiro atoms. The van der Waals surface area contributed by atoms with Gasteiger partial charge in [0.15, 0.2) is 0 Å². The predicted molar refractivity (Wildman–Crippen MR) is 164 cm³/mol. The number of hydrogen-bond acceptors (Lipinski definition) is 4. The van der Waals surface area contributed by atoms with Gasteiger partial charge >= 0.3 is 0 Å². The van der Waals surface area contributed by atoms with E-state index < -0.39 is 29.7 Å². The fourth-order valence-electron chi connectivity index (χ4n) is 5.14. The lowest BCUT2D eigenvalue weighted by molar-refractivity contribution is 0.0755. The molecular weight excluding hydrogens is 548 g/mol. The number of nitrogens with one attached hydrogen (secondary N) is 1. The summed E-state index contributed by atoms with van der Waals surface area (Å²) in [7, 11) is 0. The Hall–Kier alpha value is -4.43. The average molecular weight is 586 g/mol. The van der Waals surface area contributed by atoms with Gasteiger partial charge in [-0.1, -0.05) is 50.2 Å². The largest absolute Gasteiger partial charge is 0.385 e. The maximum Gasteiger partial charge on any atom is 0.253 e. The highest BCUT2D eigenvalue weighted by Gasteiger charge is 2.26. The van der Waals surface area contributed by atoms with Crippen LogP contribution in [0.25, 0.3) is 11.1 Å². The fraction of sp³-hybridized carbons (Fsp3) is 0.286. The summed E-state index contributed by atoms with van der Waals surface area (Å²) in [5, 5.41) is 14.2. The third-order valence-electron chi connectivity index (χ3n) is 7.13. The van der Waals surface area contributed by atoms with E-state index >= 15 is 0 Å². The first kappa shape index (κ1) is 31.5. The second-order valence-electron chi connectivity index (χ2n) is 10.7. The minimum absolute atomic E-state index is 0.0674. The van der Waals surface area contributed by atoms with E-state index in [4.69, 9.17) is 0 Å². The van der Waals surface area contributed by atoms with Crippen molar-refractivity contribution in [1.82, 2.24) is 15.2 Å². The Morgan fingerprint density at radius 3 is 2.12 bits per heavy atom. The SMILES string of the molecule is CCCN(CCC)C(=O)c1cc(C)cc(C(=O)N[C@@H](Cc2cc(F)cc(F)c2)C(O)c2ccc(-c3ccccc3)cn2)c1. The zero-order chi connectivity index (χ0) is 30.9. The molecule has 4 aromatic rings. The highest BCUT2D eigenvalue weighted by atomic mass is 19.1. The number of nitrogens with zero attached hydrogens (tertiary/aromatic N) is 2. The summed E-state index contributed by atoms with van der Waals surface area (Å²) in [5.74, 6) is -2.20. The third kappa shape index (κ3) is 8.32. The Kier molecular flexibility index (Phi) is 10.7. The second kappa shape index (κ2) is 14.6. The topological polar surface area (TPSA) is 82.5 Å². The number of carbonyl (C=O) groups excluding carboxylic acids is 2. The Morgan fingerprint density at radius 1 is 0.860 bits per heavy atom. The van der Waals surface area contributed by atoms with Crippen LogP contribution in [0, 0.1) is 18.6 Å². The van der Waals surface area contributed by atoms with Gasteiger partial charge in [0, 0.05) is 42.0 Å². The van der Waals surface area contributed by atoms with Crippen LogP contribution in [0.2, 0.25) is 0 Å². The number of rotatable bonds is 12. The summed E-state index contributed by atoms with van der Waals surface area (Å²) in [6.07, 6.45) is 1.89. The van der Waals surface area contributed by atoms with E-state index in [1.807, 2.05) is 50.2 Å². The molecule has 0 aliphatic heterocycles. The maximum atomic E-state index is 14.0. The monoisotopic (exact) mass is 585 g/mol. The van der Waals surface area contributed by atoms with Gasteiger partial charge in [-0.3, -0.25) is 14.6 Å². The molecule has 224 valence electrons. The zero-order valence-electron chi connectivity index (χ0n) is 24.7. The Morgan fingerprint density at radius 2 is 1.51 bits per heavy atom. The van der Waals surface area contributed by atoms with Crippen LogP contribution in [0.4, 0.5) is 8.78 Å². The summed E-state index contributed by atoms with van der Waals surface area (Å²) < 4.78 is 28.1. The van der Waals surface area contributed by atoms with Crippen molar-refractivity contribution in [1.29, 1.82) is 0 Å². The first-order chi connectivity index (χ1) is 20.7. The Labute approximate surface area is 251 Å². The van der Waals surface area contributed by atoms with E-state index in [1.165, 1.54) is 12.1 Å². The Balaban J connectivity index is 1.63. The molecule has 4 rings (SSSR count). The van der Waals surface area contributed by atoms with Gasteiger partial charge in [0.25, 0.3) is 11.8 Å². The van der Waals surface area contributed by atoms with Gasteiger partial charge in [-0.2, -0.15) is 0 Å². The molecule has 0 bridgehead atoms. The second-order valence-corrected chi connectivity index (χ2v) is 10.7. The minimum atomic E-state index is -1.30. The van der Waals surface area contributed by atoms with Crippen LogP contribution in [0.15, 0.2) is 85.1 Å². The molecule has 2 amide bonds. The smallest absolute Gasteiger partial charge is 0.253 e. The van der Waals surface area contributed by atoms with E-state index in [0.29, 0.717) is 18.7 Å². The van der Waals surface area contributed by atoms with Crippen LogP contribution >= 0.6 is 0 Å². The van der Waals surface area contributed by atoms with E-state index in [-0.39, 0.29) is 29.1 Å². The molecule has 1 aromatic heterocycles. The van der Waals surface area contributed by atoms with Gasteiger partial charge in [0.05, 0.1) is 11.7 Å². The van der Waals surface area contributed by atoms with Crippen molar-refractivity contribution in [2.75, 3.05) is 13.1 Å². The normalized spacial score (nSPS) is 12.4. The van der Waals surface area contributed by atoms with Crippen molar-refractivity contribution in [3.8, 4) is 11.1 Å². The summed E-state index contributed by atoms with van der Waals surface area (Å²) in [4.78, 5) is 33.1. The number of amides is 2. The quantitative estimate of drug-likeness (QED) is 0.195. The summed E-state index contributed by atoms with van der Waals surface area (Å²) >= 11 is 0. The molecule has 0 saturated heterocycles. The van der Waals surface area contributed by atoms with Crippen LogP contribution in [0.5, 0.6) is 0 Å². The lowest BCUT2D eigenvalue weighted by Gasteiger charge is -2.25. The summed E-state index contributed by atoms with van der Waals surface area (Å²) in [6, 6.07) is 20.2. The van der Waals surface area contributed by atoms with E-state index in [2.05, 4.69) is 10.3 Å². The van der Waals surface area contributed by atoms with Crippen molar-refractivity contribution in [2.45, 2.75) is 52.2 Å². The minimum Gasteiger partial charge on any atom is -0.385 e. The van der Waals surface area contributed by atoms with Crippen molar-refractivity contribution in [2.24, 2.45) is 0 Å². The molecular formula is C35H37F2N3O3. The number of aliphatic hydroxyl groups excluding tert-OH is 1. The van der Waals surface area contributed by atoms with Gasteiger partial charge in [-0.05, 0) is 79.3 Å². The summed E-state index contributed by atoms with van der Waals surface area (Å²) in [6.45, 7) is 7.03. The molecule has 8 heteroatoms. The third-order valence-corrected chi connectivity index (χ3v) is 7.13. The number of benzene rings is 3. The van der Waals surface area contributed by atoms with Crippen molar-refractivity contribution in [3.05, 3.63) is 125 Å². The molecule has 2 N–H and O–H groups in total. The molecule has 2 atom stereocenters. The van der Waals surface area contributed by atoms with E-state index in [9.17, 15) is 23.5 Å². The number of aryl methyl sites for hydroxylation is 1. The van der Waals surface area contributed by atoms with Gasteiger partial charge in [-0.25, -0.2) is 8.78 Å². The lowest BCUT2D eigenvalue weighted by atomic mass is 9.97. The lowest BCUT2D eigenvalue weighted by Crippen LogP contribution is -2.41. The number of halogens is 2. The van der Waals surface area contributed by atoms with Gasteiger partial charge in [0.1, 0.15) is 17.7 Å². The van der Waals surface area contributed by atoms with Crippen LogP contribution < -0.4 is 5.32 Å². The standard InChI is InChI=1S/C35H37F2N3O3/c1-4-13-40(14-5-2)35(43)28-16-23(3)15-27(20-28)34(42)39-32(19-24-17-29(36)21-30(37)18-24)33(41)31-12-11-26(22-38-31)25-9-7-6-8-10-25/h6-12,15-18,20-22,32-33,41H,4-5,13-14,19H2,1-3H3,(H,39,42)/t32-,33?/m0/s1. The van der Waals surface area contributed by atoms with E-state index in [1.54, 1.807) is 42.3 Å². The number of hydrogen-bond donors (Lipinski definition) is 2. The molecule has 0 saturated carbocycles. The molecule has 1 unspecified atom stereocenters. The van der Waals surface area contributed by atoms with Gasteiger partial charge in [0.2, 0.25) is 0 Å². The fourth-order valence-corrected chi connectivity index (χ4v) is 5.14. The molecule has 6 nitrogen and oxygen atoms in total. The van der Waals surface area contributed by atoms with Crippen molar-refractivity contribution in [3.63, 3.8) is 0 Å². The summed E-state index contributed by atoms with van der Waals surface area (Å²) in [5.41, 5.74) is 3.72. The van der Waals surface area contributed by atoms with Gasteiger partial charge in [-0.15, -0.1) is 0 Å². The average Bonchev–Trinajstić information content (AvgIpc) is 2.99. The Bertz CT molecular complexity index is 1520. The molecule has 0 aliphatic rings. The molecule has 1 heterocycles. The highest BCUT2D eigenvalue weighted by molar-refractivity contribution is 6.00. The van der Waals surface area contributed by atoms with Crippen molar-refractivity contribution < 1.29 is 23.5 Å². The maximum absolute atomic E-state index is 14.0. The van der Waals surface area contributed by atoms with Crippen molar-refractivity contribution >= 4 is 11.8 Å². The van der Waals surface area contributed by atoms with Crippen LogP contribution in [0.3, 0.4) is 0 Å². The number of pyridine rings is 1. The molecule has 43 heavy (non-hydrogen) atoms. The molecule has 3 aromatic carbocycles. The number of aliphatic hydroxyl groups is 1. The zero-order valence-corrected chi connectivity index (χ0v) is 24.7. The molecule has 0 fully saturated rings. The van der Waals surface area contributed by atoms with Crippen LogP contribution in [-0.4, -0.2) is 45.9 Å². The number of aromatic nitrogens is 1.